The fourth-order valence-corrected chi connectivity index (χ4v) is 6.31. The monoisotopic (exact) mass is 743 g/mol. The number of sulfonamides is 1. The molecule has 0 atom stereocenters. The van der Waals surface area contributed by atoms with Gasteiger partial charge in [-0.3, -0.25) is 9.10 Å². The van der Waals surface area contributed by atoms with Crippen molar-refractivity contribution in [2.75, 3.05) is 18.0 Å². The topological polar surface area (TPSA) is 97.3 Å². The molecule has 0 spiro atoms. The van der Waals surface area contributed by atoms with Crippen LogP contribution in [0.1, 0.15) is 16.7 Å². The molecule has 0 radical (unpaired) electrons. The van der Waals surface area contributed by atoms with Crippen LogP contribution in [-0.4, -0.2) is 34.2 Å². The molecular weight excluding hydrogens is 722 g/mol. The highest BCUT2D eigenvalue weighted by Gasteiger charge is 2.35. The van der Waals surface area contributed by atoms with Crippen LogP contribution in [0.4, 0.5) is 18.9 Å². The van der Waals surface area contributed by atoms with Crippen LogP contribution in [0, 0.1) is 0 Å². The Hall–Kier alpha value is -3.78. The Morgan fingerprint density at radius 3 is 2.36 bits per heavy atom. The molecule has 4 aromatic rings. The number of carbonyl (C=O) groups excluding carboxylic acids is 1. The molecule has 0 fully saturated rings. The van der Waals surface area contributed by atoms with Crippen molar-refractivity contribution in [2.45, 2.75) is 17.7 Å². The number of halogens is 6. The summed E-state index contributed by atoms with van der Waals surface area (Å²) in [5, 5.41) is 3.86. The zero-order valence-electron chi connectivity index (χ0n) is 23.2. The van der Waals surface area contributed by atoms with Crippen LogP contribution in [-0.2, 0) is 27.6 Å². The molecular formula is C30H23BrCl2F3N3O5S. The average Bonchev–Trinajstić information content (AvgIpc) is 3.00. The van der Waals surface area contributed by atoms with Gasteiger partial charge < -0.3 is 9.47 Å². The van der Waals surface area contributed by atoms with Gasteiger partial charge in [0.1, 0.15) is 13.2 Å². The molecule has 0 saturated heterocycles. The summed E-state index contributed by atoms with van der Waals surface area (Å²) in [7, 11) is -3.03. The van der Waals surface area contributed by atoms with Crippen LogP contribution >= 0.6 is 39.1 Å². The molecule has 236 valence electrons. The predicted molar refractivity (Wildman–Crippen MR) is 170 cm³/mol. The van der Waals surface area contributed by atoms with Crippen LogP contribution in [0.2, 0.25) is 10.0 Å². The van der Waals surface area contributed by atoms with Gasteiger partial charge in [-0.05, 0) is 81.7 Å². The second-order valence-corrected chi connectivity index (χ2v) is 12.8. The summed E-state index contributed by atoms with van der Waals surface area (Å²) < 4.78 is 80.0. The minimum absolute atomic E-state index is 0.232. The lowest BCUT2D eigenvalue weighted by Crippen LogP contribution is -2.39. The number of benzene rings is 4. The third kappa shape index (κ3) is 8.69. The van der Waals surface area contributed by atoms with Crippen LogP contribution in [0.5, 0.6) is 11.5 Å². The summed E-state index contributed by atoms with van der Waals surface area (Å²) in [5.41, 5.74) is 1.88. The molecule has 0 aliphatic rings. The van der Waals surface area contributed by atoms with Crippen molar-refractivity contribution >= 4 is 67.0 Å². The van der Waals surface area contributed by atoms with Crippen molar-refractivity contribution < 1.29 is 35.9 Å². The second-order valence-electron chi connectivity index (χ2n) is 9.23. The molecule has 0 aliphatic carbocycles. The Balaban J connectivity index is 1.54. The molecule has 0 aromatic heterocycles. The number of nitrogens with one attached hydrogen (secondary N) is 1. The Bertz CT molecular complexity index is 1810. The van der Waals surface area contributed by atoms with Crippen molar-refractivity contribution in [1.29, 1.82) is 0 Å². The highest BCUT2D eigenvalue weighted by Crippen LogP contribution is 2.38. The number of nitrogens with zero attached hydrogens (tertiary/aromatic N) is 2. The first-order valence-corrected chi connectivity index (χ1v) is 15.8. The zero-order valence-corrected chi connectivity index (χ0v) is 27.1. The number of methoxy groups -OCH3 is 1. The highest BCUT2D eigenvalue weighted by molar-refractivity contribution is 9.10. The molecule has 0 unspecified atom stereocenters. The van der Waals surface area contributed by atoms with Gasteiger partial charge in [-0.15, -0.1) is 0 Å². The number of rotatable bonds is 11. The minimum atomic E-state index is -4.87. The molecule has 1 amide bonds. The van der Waals surface area contributed by atoms with Gasteiger partial charge in [0.25, 0.3) is 15.9 Å². The van der Waals surface area contributed by atoms with E-state index in [-0.39, 0.29) is 11.5 Å². The van der Waals surface area contributed by atoms with E-state index in [4.69, 9.17) is 32.7 Å². The van der Waals surface area contributed by atoms with E-state index < -0.39 is 44.9 Å². The molecule has 15 heteroatoms. The number of ether oxygens (including phenoxy) is 2. The lowest BCUT2D eigenvalue weighted by Gasteiger charge is -2.24. The number of amides is 1. The van der Waals surface area contributed by atoms with E-state index in [9.17, 15) is 26.4 Å². The maximum absolute atomic E-state index is 13.6. The van der Waals surface area contributed by atoms with Gasteiger partial charge in [-0.2, -0.15) is 18.3 Å². The van der Waals surface area contributed by atoms with Crippen molar-refractivity contribution in [3.63, 3.8) is 0 Å². The summed E-state index contributed by atoms with van der Waals surface area (Å²) in [5.74, 6) is -0.158. The van der Waals surface area contributed by atoms with Crippen molar-refractivity contribution in [3.05, 3.63) is 116 Å². The van der Waals surface area contributed by atoms with Crippen molar-refractivity contribution in [1.82, 2.24) is 5.43 Å². The third-order valence-electron chi connectivity index (χ3n) is 6.11. The molecule has 45 heavy (non-hydrogen) atoms. The van der Waals surface area contributed by atoms with Crippen LogP contribution < -0.4 is 19.2 Å². The third-order valence-corrected chi connectivity index (χ3v) is 9.07. The smallest absolute Gasteiger partial charge is 0.417 e. The number of hydrogen-bond acceptors (Lipinski definition) is 6. The quantitative estimate of drug-likeness (QED) is 0.125. The average molecular weight is 745 g/mol. The number of anilines is 1. The van der Waals surface area contributed by atoms with Gasteiger partial charge in [0.2, 0.25) is 0 Å². The summed E-state index contributed by atoms with van der Waals surface area (Å²) in [4.78, 5) is 12.7. The Morgan fingerprint density at radius 2 is 1.71 bits per heavy atom. The largest absolute Gasteiger partial charge is 0.493 e. The number of hydrogen-bond donors (Lipinski definition) is 1. The SMILES string of the molecule is COc1cc(/C=N\NC(=O)CN(c2ccc(Cl)c(C(F)(F)F)c2)S(=O)(=O)c2ccccc2)cc(Br)c1OCc1ccc(Cl)cc1. The van der Waals surface area contributed by atoms with Gasteiger partial charge in [0.15, 0.2) is 11.5 Å². The number of carbonyl (C=O) groups is 1. The van der Waals surface area contributed by atoms with E-state index in [1.165, 1.54) is 37.6 Å². The maximum Gasteiger partial charge on any atom is 0.417 e. The molecule has 0 saturated carbocycles. The van der Waals surface area contributed by atoms with E-state index in [0.29, 0.717) is 36.9 Å². The van der Waals surface area contributed by atoms with Crippen LogP contribution in [0.25, 0.3) is 0 Å². The van der Waals surface area contributed by atoms with E-state index in [2.05, 4.69) is 26.5 Å². The van der Waals surface area contributed by atoms with Gasteiger partial charge in [0, 0.05) is 5.02 Å². The standard InChI is InChI=1S/C30H23BrCl2F3N3O5S/c1-43-27-14-20(13-25(31)29(27)44-18-19-7-9-21(32)10-8-19)16-37-38-28(40)17-39(45(41,42)23-5-3-2-4-6-23)22-11-12-26(33)24(15-22)30(34,35)36/h2-16H,17-18H2,1H3,(H,38,40)/b37-16-. The normalized spacial score (nSPS) is 11.8. The molecule has 8 nitrogen and oxygen atoms in total. The Kier molecular flexibility index (Phi) is 11.0. The first kappa shape index (κ1) is 34.1. The first-order chi connectivity index (χ1) is 21.3. The molecule has 4 aromatic carbocycles. The number of alkyl halides is 3. The van der Waals surface area contributed by atoms with E-state index >= 15 is 0 Å². The Morgan fingerprint density at radius 1 is 1.02 bits per heavy atom. The molecule has 0 aliphatic heterocycles. The second kappa shape index (κ2) is 14.5. The van der Waals surface area contributed by atoms with E-state index in [0.717, 1.165) is 17.7 Å². The minimum Gasteiger partial charge on any atom is -0.493 e. The molecule has 0 heterocycles. The van der Waals surface area contributed by atoms with Crippen LogP contribution in [0.3, 0.4) is 0 Å². The maximum atomic E-state index is 13.6. The highest BCUT2D eigenvalue weighted by atomic mass is 79.9. The summed E-state index contributed by atoms with van der Waals surface area (Å²) >= 11 is 15.1. The van der Waals surface area contributed by atoms with E-state index in [1.54, 1.807) is 30.3 Å². The lowest BCUT2D eigenvalue weighted by atomic mass is 10.2. The number of hydrazone groups is 1. The molecule has 4 rings (SSSR count). The predicted octanol–water partition coefficient (Wildman–Crippen LogP) is 7.71. The summed E-state index contributed by atoms with van der Waals surface area (Å²) in [6.45, 7) is -0.659. The van der Waals surface area contributed by atoms with Gasteiger partial charge >= 0.3 is 6.18 Å². The van der Waals surface area contributed by atoms with Gasteiger partial charge in [-0.25, -0.2) is 13.8 Å². The van der Waals surface area contributed by atoms with Crippen LogP contribution in [0.15, 0.2) is 99.4 Å². The molecule has 1 N–H and O–H groups in total. The van der Waals surface area contributed by atoms with E-state index in [1.807, 2.05) is 12.1 Å². The zero-order chi connectivity index (χ0) is 32.8. The summed E-state index contributed by atoms with van der Waals surface area (Å²) in [6.07, 6.45) is -3.60. The Labute approximate surface area is 275 Å². The van der Waals surface area contributed by atoms with Gasteiger partial charge in [-0.1, -0.05) is 53.5 Å². The van der Waals surface area contributed by atoms with Gasteiger partial charge in [0.05, 0.1) is 39.0 Å². The fourth-order valence-electron chi connectivity index (χ4n) is 3.96. The fraction of sp³-hybridized carbons (Fsp3) is 0.133. The first-order valence-electron chi connectivity index (χ1n) is 12.8. The van der Waals surface area contributed by atoms with Crippen molar-refractivity contribution in [2.24, 2.45) is 5.10 Å². The lowest BCUT2D eigenvalue weighted by molar-refractivity contribution is -0.137. The summed E-state index contributed by atoms with van der Waals surface area (Å²) in [6, 6.07) is 19.9. The molecule has 0 bridgehead atoms. The van der Waals surface area contributed by atoms with Crippen molar-refractivity contribution in [3.8, 4) is 11.5 Å².